The molecule has 6 heteroatoms. The van der Waals surface area contributed by atoms with Crippen LogP contribution in [0.2, 0.25) is 0 Å². The normalized spacial score (nSPS) is 16.8. The van der Waals surface area contributed by atoms with Gasteiger partial charge in [-0.25, -0.2) is 9.37 Å². The molecule has 5 nitrogen and oxygen atoms in total. The number of nitrogens with zero attached hydrogens (tertiary/aromatic N) is 2. The fraction of sp³-hybridized carbons (Fsp3) is 0.294. The molecule has 2 aromatic rings. The van der Waals surface area contributed by atoms with Crippen LogP contribution in [-0.2, 0) is 11.3 Å². The third-order valence-electron chi connectivity index (χ3n) is 3.58. The summed E-state index contributed by atoms with van der Waals surface area (Å²) in [5, 5.41) is 12.1. The molecule has 0 bridgehead atoms. The highest BCUT2D eigenvalue weighted by Gasteiger charge is 2.17. The van der Waals surface area contributed by atoms with Crippen molar-refractivity contribution in [2.45, 2.75) is 19.1 Å². The van der Waals surface area contributed by atoms with E-state index in [2.05, 4.69) is 10.3 Å². The zero-order valence-electron chi connectivity index (χ0n) is 12.5. The summed E-state index contributed by atoms with van der Waals surface area (Å²) in [6.07, 6.45) is 2.57. The van der Waals surface area contributed by atoms with Crippen LogP contribution in [-0.4, -0.2) is 24.3 Å². The Morgan fingerprint density at radius 3 is 3.13 bits per heavy atom. The smallest absolute Gasteiger partial charge is 0.213 e. The Hall–Kier alpha value is -2.65. The van der Waals surface area contributed by atoms with E-state index in [0.717, 1.165) is 12.0 Å². The minimum absolute atomic E-state index is 0.0149. The largest absolute Gasteiger partial charge is 0.472 e. The average molecular weight is 313 g/mol. The fourth-order valence-electron chi connectivity index (χ4n) is 2.38. The Labute approximate surface area is 133 Å². The summed E-state index contributed by atoms with van der Waals surface area (Å²) in [6.45, 7) is 1.74. The van der Waals surface area contributed by atoms with Crippen LogP contribution in [0.3, 0.4) is 0 Å². The summed E-state index contributed by atoms with van der Waals surface area (Å²) >= 11 is 0. The first-order chi connectivity index (χ1) is 11.3. The molecule has 3 rings (SSSR count). The molecule has 1 N–H and O–H groups in total. The first-order valence-corrected chi connectivity index (χ1v) is 7.38. The molecule has 0 aliphatic carbocycles. The lowest BCUT2D eigenvalue weighted by Gasteiger charge is -2.12. The number of ether oxygens (including phenoxy) is 2. The number of aromatic nitrogens is 1. The van der Waals surface area contributed by atoms with Crippen LogP contribution in [0, 0.1) is 17.1 Å². The molecule has 1 saturated heterocycles. The van der Waals surface area contributed by atoms with Crippen molar-refractivity contribution >= 4 is 5.69 Å². The molecule has 1 fully saturated rings. The van der Waals surface area contributed by atoms with Gasteiger partial charge >= 0.3 is 0 Å². The average Bonchev–Trinajstić information content (AvgIpc) is 3.06. The zero-order chi connectivity index (χ0) is 16.1. The first-order valence-electron chi connectivity index (χ1n) is 7.38. The second kappa shape index (κ2) is 7.07. The summed E-state index contributed by atoms with van der Waals surface area (Å²) in [7, 11) is 0. The highest BCUT2D eigenvalue weighted by Crippen LogP contribution is 2.20. The number of anilines is 1. The highest BCUT2D eigenvalue weighted by atomic mass is 19.1. The summed E-state index contributed by atoms with van der Waals surface area (Å²) < 4.78 is 24.6. The predicted octanol–water partition coefficient (Wildman–Crippen LogP) is 2.87. The van der Waals surface area contributed by atoms with Gasteiger partial charge in [-0.05, 0) is 23.8 Å². The number of pyridine rings is 1. The lowest BCUT2D eigenvalue weighted by atomic mass is 10.1. The Bertz CT molecular complexity index is 724. The maximum atomic E-state index is 13.6. The summed E-state index contributed by atoms with van der Waals surface area (Å²) in [6, 6.07) is 10.1. The number of nitrogens with one attached hydrogen (secondary N) is 1. The first kappa shape index (κ1) is 15.3. The van der Waals surface area contributed by atoms with Gasteiger partial charge in [0, 0.05) is 25.2 Å². The van der Waals surface area contributed by atoms with Crippen molar-refractivity contribution in [2.75, 3.05) is 18.5 Å². The molecule has 0 spiro atoms. The van der Waals surface area contributed by atoms with E-state index in [4.69, 9.17) is 14.7 Å². The van der Waals surface area contributed by atoms with Gasteiger partial charge in [0.1, 0.15) is 23.6 Å². The molecule has 1 atom stereocenters. The van der Waals surface area contributed by atoms with E-state index >= 15 is 0 Å². The van der Waals surface area contributed by atoms with Crippen LogP contribution in [0.25, 0.3) is 0 Å². The van der Waals surface area contributed by atoms with E-state index in [0.29, 0.717) is 31.3 Å². The molecule has 1 aliphatic heterocycles. The predicted molar refractivity (Wildman–Crippen MR) is 82.5 cm³/mol. The second-order valence-corrected chi connectivity index (χ2v) is 5.23. The number of benzene rings is 1. The van der Waals surface area contributed by atoms with E-state index in [1.165, 1.54) is 6.07 Å². The molecular formula is C17H16FN3O2. The van der Waals surface area contributed by atoms with Crippen LogP contribution in [0.5, 0.6) is 5.88 Å². The van der Waals surface area contributed by atoms with Gasteiger partial charge in [-0.1, -0.05) is 6.07 Å². The molecule has 2 heterocycles. The maximum Gasteiger partial charge on any atom is 0.213 e. The van der Waals surface area contributed by atoms with Gasteiger partial charge in [0.25, 0.3) is 0 Å². The molecule has 0 radical (unpaired) electrons. The van der Waals surface area contributed by atoms with E-state index in [9.17, 15) is 4.39 Å². The Kier molecular flexibility index (Phi) is 4.69. The quantitative estimate of drug-likeness (QED) is 0.919. The van der Waals surface area contributed by atoms with E-state index in [1.54, 1.807) is 18.3 Å². The number of rotatable bonds is 5. The van der Waals surface area contributed by atoms with Crippen LogP contribution in [0.1, 0.15) is 17.5 Å². The topological polar surface area (TPSA) is 67.2 Å². The summed E-state index contributed by atoms with van der Waals surface area (Å²) in [5.41, 5.74) is 1.42. The summed E-state index contributed by atoms with van der Waals surface area (Å²) in [5.74, 6) is 0.0111. The van der Waals surface area contributed by atoms with E-state index in [1.807, 2.05) is 18.2 Å². The fourth-order valence-corrected chi connectivity index (χ4v) is 2.38. The van der Waals surface area contributed by atoms with Crippen molar-refractivity contribution < 1.29 is 13.9 Å². The third kappa shape index (κ3) is 3.76. The van der Waals surface area contributed by atoms with Crippen molar-refractivity contribution in [3.63, 3.8) is 0 Å². The van der Waals surface area contributed by atoms with Crippen LogP contribution < -0.4 is 10.1 Å². The van der Waals surface area contributed by atoms with Gasteiger partial charge in [0.2, 0.25) is 5.88 Å². The van der Waals surface area contributed by atoms with Crippen LogP contribution >= 0.6 is 0 Å². The molecule has 23 heavy (non-hydrogen) atoms. The lowest BCUT2D eigenvalue weighted by Crippen LogP contribution is -2.16. The number of hydrogen-bond donors (Lipinski definition) is 1. The van der Waals surface area contributed by atoms with Crippen LogP contribution in [0.4, 0.5) is 10.1 Å². The SMILES string of the molecule is N#Cc1c(F)cccc1NCc1ccnc(OC2CCOC2)c1. The van der Waals surface area contributed by atoms with Crippen molar-refractivity contribution in [1.82, 2.24) is 4.98 Å². The third-order valence-corrected chi connectivity index (χ3v) is 3.58. The molecule has 1 unspecified atom stereocenters. The van der Waals surface area contributed by atoms with E-state index in [-0.39, 0.29) is 11.7 Å². The van der Waals surface area contributed by atoms with Crippen molar-refractivity contribution in [3.8, 4) is 11.9 Å². The molecule has 1 aromatic heterocycles. The maximum absolute atomic E-state index is 13.6. The molecule has 1 aliphatic rings. The van der Waals surface area contributed by atoms with Gasteiger partial charge in [0.15, 0.2) is 0 Å². The number of halogens is 1. The van der Waals surface area contributed by atoms with Crippen molar-refractivity contribution in [3.05, 3.63) is 53.5 Å². The van der Waals surface area contributed by atoms with E-state index < -0.39 is 5.82 Å². The molecule has 118 valence electrons. The standard InChI is InChI=1S/C17H16FN3O2/c18-15-2-1-3-16(14(15)9-19)21-10-12-4-6-20-17(8-12)23-13-5-7-22-11-13/h1-4,6,8,13,21H,5,7,10-11H2. The Morgan fingerprint density at radius 1 is 1.43 bits per heavy atom. The minimum Gasteiger partial charge on any atom is -0.472 e. The second-order valence-electron chi connectivity index (χ2n) is 5.23. The Morgan fingerprint density at radius 2 is 2.35 bits per heavy atom. The van der Waals surface area contributed by atoms with Gasteiger partial charge < -0.3 is 14.8 Å². The van der Waals surface area contributed by atoms with Gasteiger partial charge in [0.05, 0.1) is 18.9 Å². The zero-order valence-corrected chi connectivity index (χ0v) is 12.5. The lowest BCUT2D eigenvalue weighted by molar-refractivity contribution is 0.138. The van der Waals surface area contributed by atoms with Gasteiger partial charge in [-0.15, -0.1) is 0 Å². The monoisotopic (exact) mass is 313 g/mol. The minimum atomic E-state index is -0.530. The van der Waals surface area contributed by atoms with Crippen LogP contribution in [0.15, 0.2) is 36.5 Å². The van der Waals surface area contributed by atoms with Gasteiger partial charge in [-0.3, -0.25) is 0 Å². The molecule has 0 amide bonds. The van der Waals surface area contributed by atoms with Crippen molar-refractivity contribution in [2.24, 2.45) is 0 Å². The number of nitriles is 1. The highest BCUT2D eigenvalue weighted by molar-refractivity contribution is 5.58. The number of hydrogen-bond acceptors (Lipinski definition) is 5. The Balaban J connectivity index is 1.67. The molecule has 0 saturated carbocycles. The van der Waals surface area contributed by atoms with Gasteiger partial charge in [-0.2, -0.15) is 5.26 Å². The molecular weight excluding hydrogens is 297 g/mol. The molecule has 1 aromatic carbocycles. The van der Waals surface area contributed by atoms with Crippen molar-refractivity contribution in [1.29, 1.82) is 5.26 Å². The summed E-state index contributed by atoms with van der Waals surface area (Å²) in [4.78, 5) is 4.19.